The second-order valence-electron chi connectivity index (χ2n) is 7.99. The summed E-state index contributed by atoms with van der Waals surface area (Å²) >= 11 is 5.92. The standard InChI is InChI=1S/C28H18ClNO5/c29-20-13-11-17(12-14-20)27(33)30-24(23-26(32)21-7-3-4-8-22(21)35-28(23)34)25(31)19-10-9-16-5-1-2-6-18(16)15-19/h1-15,24,32H,(H,30,33). The van der Waals surface area contributed by atoms with Crippen LogP contribution in [-0.4, -0.2) is 16.8 Å². The lowest BCUT2D eigenvalue weighted by Gasteiger charge is -2.19. The van der Waals surface area contributed by atoms with Crippen LogP contribution in [0.5, 0.6) is 5.75 Å². The van der Waals surface area contributed by atoms with E-state index in [-0.39, 0.29) is 27.7 Å². The van der Waals surface area contributed by atoms with Gasteiger partial charge in [0.15, 0.2) is 5.78 Å². The third kappa shape index (κ3) is 4.27. The van der Waals surface area contributed by atoms with Crippen molar-refractivity contribution in [1.29, 1.82) is 0 Å². The molecule has 35 heavy (non-hydrogen) atoms. The molecule has 0 aliphatic heterocycles. The maximum absolute atomic E-state index is 13.7. The summed E-state index contributed by atoms with van der Waals surface area (Å²) < 4.78 is 5.38. The third-order valence-corrected chi connectivity index (χ3v) is 6.04. The molecule has 1 atom stereocenters. The fourth-order valence-corrected chi connectivity index (χ4v) is 4.12. The number of halogens is 1. The van der Waals surface area contributed by atoms with E-state index >= 15 is 0 Å². The Bertz CT molecular complexity index is 1660. The van der Waals surface area contributed by atoms with Gasteiger partial charge in [-0.25, -0.2) is 4.79 Å². The smallest absolute Gasteiger partial charge is 0.345 e. The van der Waals surface area contributed by atoms with Gasteiger partial charge in [0.2, 0.25) is 0 Å². The van der Waals surface area contributed by atoms with Crippen LogP contribution in [0.3, 0.4) is 0 Å². The minimum Gasteiger partial charge on any atom is -0.507 e. The van der Waals surface area contributed by atoms with E-state index in [2.05, 4.69) is 5.32 Å². The first-order chi connectivity index (χ1) is 16.9. The van der Waals surface area contributed by atoms with Crippen molar-refractivity contribution in [3.05, 3.63) is 123 Å². The van der Waals surface area contributed by atoms with Gasteiger partial charge in [-0.2, -0.15) is 0 Å². The third-order valence-electron chi connectivity index (χ3n) is 5.79. The lowest BCUT2D eigenvalue weighted by atomic mass is 9.94. The average Bonchev–Trinajstić information content (AvgIpc) is 2.87. The zero-order valence-corrected chi connectivity index (χ0v) is 19.0. The van der Waals surface area contributed by atoms with Gasteiger partial charge >= 0.3 is 5.63 Å². The molecule has 0 spiro atoms. The van der Waals surface area contributed by atoms with E-state index in [1.54, 1.807) is 48.5 Å². The molecule has 0 aliphatic carbocycles. The molecule has 1 heterocycles. The second-order valence-corrected chi connectivity index (χ2v) is 8.42. The van der Waals surface area contributed by atoms with Gasteiger partial charge in [-0.05, 0) is 53.2 Å². The molecule has 0 radical (unpaired) electrons. The number of para-hydroxylation sites is 1. The van der Waals surface area contributed by atoms with Crippen molar-refractivity contribution in [2.75, 3.05) is 0 Å². The molecule has 1 amide bonds. The topological polar surface area (TPSA) is 96.6 Å². The first kappa shape index (κ1) is 22.4. The quantitative estimate of drug-likeness (QED) is 0.248. The number of Topliss-reactive ketones (excluding diaryl/α,β-unsaturated/α-hetero) is 1. The number of carbonyl (C=O) groups excluding carboxylic acids is 2. The number of hydrogen-bond acceptors (Lipinski definition) is 5. The van der Waals surface area contributed by atoms with Crippen molar-refractivity contribution < 1.29 is 19.1 Å². The van der Waals surface area contributed by atoms with Gasteiger partial charge in [-0.3, -0.25) is 9.59 Å². The zero-order chi connectivity index (χ0) is 24.5. The minimum atomic E-state index is -1.50. The summed E-state index contributed by atoms with van der Waals surface area (Å²) in [6.07, 6.45) is 0. The molecule has 6 nitrogen and oxygen atoms in total. The van der Waals surface area contributed by atoms with Crippen LogP contribution in [0.2, 0.25) is 5.02 Å². The summed E-state index contributed by atoms with van der Waals surface area (Å²) in [6.45, 7) is 0. The maximum Gasteiger partial charge on any atom is 0.345 e. The highest BCUT2D eigenvalue weighted by Crippen LogP contribution is 2.32. The van der Waals surface area contributed by atoms with E-state index in [0.717, 1.165) is 10.8 Å². The zero-order valence-electron chi connectivity index (χ0n) is 18.2. The molecule has 7 heteroatoms. The van der Waals surface area contributed by atoms with E-state index in [1.807, 2.05) is 24.3 Å². The Kier molecular flexibility index (Phi) is 5.81. The number of hydrogen-bond donors (Lipinski definition) is 2. The van der Waals surface area contributed by atoms with Gasteiger partial charge in [0.05, 0.1) is 5.39 Å². The molecule has 0 saturated heterocycles. The molecule has 5 rings (SSSR count). The van der Waals surface area contributed by atoms with Gasteiger partial charge in [-0.1, -0.05) is 60.1 Å². The fourth-order valence-electron chi connectivity index (χ4n) is 4.00. The Labute approximate surface area is 204 Å². The molecule has 172 valence electrons. The Morgan fingerprint density at radius 2 is 1.49 bits per heavy atom. The summed E-state index contributed by atoms with van der Waals surface area (Å²) in [5.74, 6) is -1.61. The monoisotopic (exact) mass is 483 g/mol. The highest BCUT2D eigenvalue weighted by atomic mass is 35.5. The van der Waals surface area contributed by atoms with Crippen LogP contribution in [0.4, 0.5) is 0 Å². The van der Waals surface area contributed by atoms with Crippen molar-refractivity contribution in [3.8, 4) is 5.75 Å². The summed E-state index contributed by atoms with van der Waals surface area (Å²) in [6, 6.07) is 23.6. The highest BCUT2D eigenvalue weighted by Gasteiger charge is 2.31. The van der Waals surface area contributed by atoms with Gasteiger partial charge in [-0.15, -0.1) is 0 Å². The first-order valence-electron chi connectivity index (χ1n) is 10.8. The maximum atomic E-state index is 13.7. The van der Waals surface area contributed by atoms with E-state index < -0.39 is 29.1 Å². The number of benzene rings is 4. The largest absolute Gasteiger partial charge is 0.507 e. The van der Waals surface area contributed by atoms with Crippen molar-refractivity contribution in [1.82, 2.24) is 5.32 Å². The van der Waals surface area contributed by atoms with Crippen LogP contribution < -0.4 is 10.9 Å². The summed E-state index contributed by atoms with van der Waals surface area (Å²) in [7, 11) is 0. The molecule has 0 aliphatic rings. The fraction of sp³-hybridized carbons (Fsp3) is 0.0357. The van der Waals surface area contributed by atoms with Crippen molar-refractivity contribution in [2.24, 2.45) is 0 Å². The van der Waals surface area contributed by atoms with Gasteiger partial charge in [0.25, 0.3) is 5.91 Å². The van der Waals surface area contributed by atoms with Crippen molar-refractivity contribution in [3.63, 3.8) is 0 Å². The highest BCUT2D eigenvalue weighted by molar-refractivity contribution is 6.30. The van der Waals surface area contributed by atoms with E-state index in [4.69, 9.17) is 16.0 Å². The lowest BCUT2D eigenvalue weighted by Crippen LogP contribution is -2.36. The normalized spacial score (nSPS) is 11.9. The average molecular weight is 484 g/mol. The van der Waals surface area contributed by atoms with Gasteiger partial charge in [0, 0.05) is 16.1 Å². The summed E-state index contributed by atoms with van der Waals surface area (Å²) in [5.41, 5.74) is -0.604. The van der Waals surface area contributed by atoms with Crippen molar-refractivity contribution >= 4 is 45.0 Å². The molecule has 0 saturated carbocycles. The number of ketones is 1. The summed E-state index contributed by atoms with van der Waals surface area (Å²) in [5, 5.41) is 16.1. The number of fused-ring (bicyclic) bond motifs is 2. The lowest BCUT2D eigenvalue weighted by molar-refractivity contribution is 0.0854. The van der Waals surface area contributed by atoms with Gasteiger partial charge in [0.1, 0.15) is 22.9 Å². The predicted octanol–water partition coefficient (Wildman–Crippen LogP) is 5.66. The Morgan fingerprint density at radius 1 is 0.829 bits per heavy atom. The number of aromatic hydroxyl groups is 1. The van der Waals surface area contributed by atoms with Gasteiger partial charge < -0.3 is 14.8 Å². The SMILES string of the molecule is O=C(NC(C(=O)c1ccc2ccccc2c1)c1c(O)c2ccccc2oc1=O)c1ccc(Cl)cc1. The molecule has 0 fully saturated rings. The Hall–Kier alpha value is -4.42. The molecule has 4 aromatic carbocycles. The van der Waals surface area contributed by atoms with Crippen LogP contribution in [0, 0.1) is 0 Å². The van der Waals surface area contributed by atoms with Crippen LogP contribution in [0.15, 0.2) is 100 Å². The molecule has 0 bridgehead atoms. The van der Waals surface area contributed by atoms with E-state index in [0.29, 0.717) is 5.02 Å². The molecule has 1 unspecified atom stereocenters. The Morgan fingerprint density at radius 3 is 2.26 bits per heavy atom. The van der Waals surface area contributed by atoms with Crippen LogP contribution in [-0.2, 0) is 0 Å². The van der Waals surface area contributed by atoms with Crippen LogP contribution >= 0.6 is 11.6 Å². The Balaban J connectivity index is 1.64. The number of rotatable bonds is 5. The minimum absolute atomic E-state index is 0.166. The second kappa shape index (κ2) is 9.08. The number of amides is 1. The molecule has 1 aromatic heterocycles. The first-order valence-corrected chi connectivity index (χ1v) is 11.1. The van der Waals surface area contributed by atoms with Crippen molar-refractivity contribution in [2.45, 2.75) is 6.04 Å². The van der Waals surface area contributed by atoms with Crippen LogP contribution in [0.1, 0.15) is 32.3 Å². The molecular formula is C28H18ClNO5. The predicted molar refractivity (Wildman–Crippen MR) is 134 cm³/mol. The number of nitrogens with one attached hydrogen (secondary N) is 1. The van der Waals surface area contributed by atoms with E-state index in [9.17, 15) is 19.5 Å². The van der Waals surface area contributed by atoms with E-state index in [1.165, 1.54) is 18.2 Å². The number of carbonyl (C=O) groups is 2. The summed E-state index contributed by atoms with van der Waals surface area (Å²) in [4.78, 5) is 39.7. The molecule has 5 aromatic rings. The molecular weight excluding hydrogens is 466 g/mol. The van der Waals surface area contributed by atoms with Crippen LogP contribution in [0.25, 0.3) is 21.7 Å². The molecule has 2 N–H and O–H groups in total.